The largest absolute Gasteiger partial charge is 0.480 e. The van der Waals surface area contributed by atoms with Gasteiger partial charge < -0.3 is 16.2 Å². The number of alkyl halides is 1. The molecule has 1 atom stereocenters. The molecule has 0 bridgehead atoms. The van der Waals surface area contributed by atoms with Crippen LogP contribution in [0.5, 0.6) is 0 Å². The number of nitrogens with two attached hydrogens (primary N) is 1. The van der Waals surface area contributed by atoms with Crippen molar-refractivity contribution in [3.63, 3.8) is 0 Å². The second kappa shape index (κ2) is 7.61. The van der Waals surface area contributed by atoms with Crippen molar-refractivity contribution in [2.45, 2.75) is 30.6 Å². The third-order valence-corrected chi connectivity index (χ3v) is 2.88. The van der Waals surface area contributed by atoms with Crippen LogP contribution in [0.3, 0.4) is 0 Å². The normalized spacial score (nSPS) is 12.2. The zero-order valence-electron chi connectivity index (χ0n) is 11.2. The maximum atomic E-state index is 11.7. The summed E-state index contributed by atoms with van der Waals surface area (Å²) in [4.78, 5) is 22.4. The van der Waals surface area contributed by atoms with Gasteiger partial charge in [-0.05, 0) is 38.0 Å². The minimum Gasteiger partial charge on any atom is -0.480 e. The van der Waals surface area contributed by atoms with E-state index < -0.39 is 16.3 Å². The lowest BCUT2D eigenvalue weighted by molar-refractivity contribution is -0.138. The molecule has 0 unspecified atom stereocenters. The molecule has 0 spiro atoms. The molecule has 0 aliphatic heterocycles. The van der Waals surface area contributed by atoms with E-state index in [4.69, 9.17) is 10.8 Å². The van der Waals surface area contributed by atoms with Gasteiger partial charge in [-0.3, -0.25) is 9.59 Å². The molecule has 0 aliphatic rings. The lowest BCUT2D eigenvalue weighted by atomic mass is 10.1. The molecule has 20 heavy (non-hydrogen) atoms. The second-order valence-electron chi connectivity index (χ2n) is 4.77. The SMILES string of the molecule is CC(C)(Br)C(=O)Nc1ccc(C[C@H](N)C(=O)O)cc1.Cl. The van der Waals surface area contributed by atoms with E-state index in [0.717, 1.165) is 5.56 Å². The summed E-state index contributed by atoms with van der Waals surface area (Å²) in [5, 5.41) is 11.5. The number of halogens is 2. The van der Waals surface area contributed by atoms with Gasteiger partial charge in [0.05, 0.1) is 4.32 Å². The fourth-order valence-corrected chi connectivity index (χ4v) is 1.44. The van der Waals surface area contributed by atoms with Crippen molar-refractivity contribution in [2.75, 3.05) is 5.32 Å². The molecule has 0 saturated heterocycles. The Bertz CT molecular complexity index is 471. The van der Waals surface area contributed by atoms with Gasteiger partial charge >= 0.3 is 5.97 Å². The fraction of sp³-hybridized carbons (Fsp3) is 0.385. The number of carboxylic acid groups (broad SMARTS) is 1. The zero-order valence-corrected chi connectivity index (χ0v) is 13.6. The quantitative estimate of drug-likeness (QED) is 0.697. The van der Waals surface area contributed by atoms with Crippen molar-refractivity contribution in [1.82, 2.24) is 0 Å². The first kappa shape index (κ1) is 18.9. The molecule has 0 aliphatic carbocycles. The Morgan fingerprint density at radius 1 is 1.35 bits per heavy atom. The standard InChI is InChI=1S/C13H17BrN2O3.ClH/c1-13(2,14)12(19)16-9-5-3-8(4-6-9)7-10(15)11(17)18;/h3-6,10H,7,15H2,1-2H3,(H,16,19)(H,17,18);1H/t10-;/m0./s1. The predicted octanol–water partition coefficient (Wildman–Crippen LogP) is 2.17. The Hall–Kier alpha value is -1.11. The molecule has 0 saturated carbocycles. The molecule has 1 aromatic rings. The van der Waals surface area contributed by atoms with Gasteiger partial charge in [0.15, 0.2) is 0 Å². The molecule has 0 fully saturated rings. The lowest BCUT2D eigenvalue weighted by Crippen LogP contribution is -2.32. The highest BCUT2D eigenvalue weighted by atomic mass is 79.9. The first-order valence-electron chi connectivity index (χ1n) is 5.78. The number of carbonyl (C=O) groups excluding carboxylic acids is 1. The van der Waals surface area contributed by atoms with Gasteiger partial charge in [-0.25, -0.2) is 0 Å². The van der Waals surface area contributed by atoms with Crippen LogP contribution in [0.15, 0.2) is 24.3 Å². The zero-order chi connectivity index (χ0) is 14.6. The van der Waals surface area contributed by atoms with Gasteiger partial charge in [0.25, 0.3) is 0 Å². The van der Waals surface area contributed by atoms with Crippen molar-refractivity contribution in [1.29, 1.82) is 0 Å². The van der Waals surface area contributed by atoms with Crippen molar-refractivity contribution in [3.05, 3.63) is 29.8 Å². The number of benzene rings is 1. The van der Waals surface area contributed by atoms with Crippen LogP contribution < -0.4 is 11.1 Å². The molecule has 7 heteroatoms. The Morgan fingerprint density at radius 2 is 1.85 bits per heavy atom. The molecule has 0 aromatic heterocycles. The van der Waals surface area contributed by atoms with E-state index >= 15 is 0 Å². The smallest absolute Gasteiger partial charge is 0.320 e. The molecular formula is C13H18BrClN2O3. The summed E-state index contributed by atoms with van der Waals surface area (Å²) in [6.07, 6.45) is 0.257. The Kier molecular flexibility index (Phi) is 7.19. The van der Waals surface area contributed by atoms with E-state index in [1.54, 1.807) is 38.1 Å². The highest BCUT2D eigenvalue weighted by molar-refractivity contribution is 9.10. The second-order valence-corrected chi connectivity index (χ2v) is 6.75. The number of aliphatic carboxylic acids is 1. The average Bonchev–Trinajstić information content (AvgIpc) is 2.30. The summed E-state index contributed by atoms with van der Waals surface area (Å²) in [5.41, 5.74) is 6.92. The van der Waals surface area contributed by atoms with Crippen LogP contribution in [-0.4, -0.2) is 27.3 Å². The molecule has 1 amide bonds. The molecule has 0 radical (unpaired) electrons. The summed E-state index contributed by atoms with van der Waals surface area (Å²) in [5.74, 6) is -1.18. The Balaban J connectivity index is 0.00000361. The van der Waals surface area contributed by atoms with E-state index in [1.807, 2.05) is 0 Å². The molecule has 0 heterocycles. The van der Waals surface area contributed by atoms with Gasteiger partial charge in [-0.15, -0.1) is 12.4 Å². The van der Waals surface area contributed by atoms with E-state index in [0.29, 0.717) is 5.69 Å². The topological polar surface area (TPSA) is 92.4 Å². The predicted molar refractivity (Wildman–Crippen MR) is 84.6 cm³/mol. The summed E-state index contributed by atoms with van der Waals surface area (Å²) in [6.45, 7) is 3.51. The van der Waals surface area contributed by atoms with Gasteiger partial charge in [-0.2, -0.15) is 0 Å². The van der Waals surface area contributed by atoms with E-state index in [2.05, 4.69) is 21.2 Å². The van der Waals surface area contributed by atoms with Crippen molar-refractivity contribution >= 4 is 45.9 Å². The van der Waals surface area contributed by atoms with Crippen molar-refractivity contribution in [3.8, 4) is 0 Å². The maximum Gasteiger partial charge on any atom is 0.320 e. The summed E-state index contributed by atoms with van der Waals surface area (Å²) in [7, 11) is 0. The number of anilines is 1. The van der Waals surface area contributed by atoms with Crippen LogP contribution in [0.4, 0.5) is 5.69 Å². The number of hydrogen-bond acceptors (Lipinski definition) is 3. The number of carboxylic acids is 1. The van der Waals surface area contributed by atoms with E-state index in [9.17, 15) is 9.59 Å². The number of rotatable bonds is 5. The first-order chi connectivity index (χ1) is 8.70. The van der Waals surface area contributed by atoms with Crippen LogP contribution in [0.1, 0.15) is 19.4 Å². The minimum absolute atomic E-state index is 0. The third kappa shape index (κ3) is 5.90. The van der Waals surface area contributed by atoms with Crippen molar-refractivity contribution in [2.24, 2.45) is 5.73 Å². The van der Waals surface area contributed by atoms with Crippen LogP contribution in [-0.2, 0) is 16.0 Å². The fourth-order valence-electron chi connectivity index (χ4n) is 1.35. The van der Waals surface area contributed by atoms with Gasteiger partial charge in [-0.1, -0.05) is 28.1 Å². The number of hydrogen-bond donors (Lipinski definition) is 3. The molecule has 5 nitrogen and oxygen atoms in total. The lowest BCUT2D eigenvalue weighted by Gasteiger charge is -2.16. The third-order valence-electron chi connectivity index (χ3n) is 2.52. The summed E-state index contributed by atoms with van der Waals surface area (Å²) >= 11 is 3.27. The van der Waals surface area contributed by atoms with Crippen LogP contribution in [0, 0.1) is 0 Å². The summed E-state index contributed by atoms with van der Waals surface area (Å²) < 4.78 is -0.642. The van der Waals surface area contributed by atoms with Crippen LogP contribution in [0.2, 0.25) is 0 Å². The minimum atomic E-state index is -1.03. The van der Waals surface area contributed by atoms with Crippen molar-refractivity contribution < 1.29 is 14.7 Å². The Morgan fingerprint density at radius 3 is 2.25 bits per heavy atom. The molecule has 1 aromatic carbocycles. The van der Waals surface area contributed by atoms with Gasteiger partial charge in [0.2, 0.25) is 5.91 Å². The van der Waals surface area contributed by atoms with Crippen LogP contribution >= 0.6 is 28.3 Å². The highest BCUT2D eigenvalue weighted by Crippen LogP contribution is 2.19. The van der Waals surface area contributed by atoms with Gasteiger partial charge in [0, 0.05) is 5.69 Å². The molecule has 4 N–H and O–H groups in total. The number of amides is 1. The van der Waals surface area contributed by atoms with Crippen LogP contribution in [0.25, 0.3) is 0 Å². The number of nitrogens with one attached hydrogen (secondary N) is 1. The highest BCUT2D eigenvalue weighted by Gasteiger charge is 2.23. The molecular weight excluding hydrogens is 348 g/mol. The number of carbonyl (C=O) groups is 2. The molecule has 112 valence electrons. The monoisotopic (exact) mass is 364 g/mol. The maximum absolute atomic E-state index is 11.7. The van der Waals surface area contributed by atoms with E-state index in [-0.39, 0.29) is 24.7 Å². The van der Waals surface area contributed by atoms with Gasteiger partial charge in [0.1, 0.15) is 6.04 Å². The first-order valence-corrected chi connectivity index (χ1v) is 6.57. The molecule has 1 rings (SSSR count). The average molecular weight is 366 g/mol. The Labute approximate surface area is 132 Å². The van der Waals surface area contributed by atoms with E-state index in [1.165, 1.54) is 0 Å². The summed E-state index contributed by atoms with van der Waals surface area (Å²) in [6, 6.07) is 6.03.